The monoisotopic (exact) mass is 314 g/mol. The Balaban J connectivity index is 1.50. The molecule has 1 fully saturated rings. The second-order valence-corrected chi connectivity index (χ2v) is 6.48. The van der Waals surface area contributed by atoms with Gasteiger partial charge in [0.1, 0.15) is 11.5 Å². The molecule has 4 rings (SSSR count). The average molecular weight is 314 g/mol. The summed E-state index contributed by atoms with van der Waals surface area (Å²) in [7, 11) is 0. The van der Waals surface area contributed by atoms with Gasteiger partial charge >= 0.3 is 0 Å². The van der Waals surface area contributed by atoms with Gasteiger partial charge in [-0.3, -0.25) is 9.48 Å². The first-order chi connectivity index (χ1) is 11.1. The number of aryl methyl sites for hydroxylation is 2. The molecule has 1 N–H and O–H groups in total. The zero-order chi connectivity index (χ0) is 16.0. The minimum Gasteiger partial charge on any atom is -0.335 e. The SMILES string of the molecule is Cc1cc(C)n([C@H]2CCN(C(=O)c3cn4c(n3)CNCC4)C2)n1. The van der Waals surface area contributed by atoms with Crippen LogP contribution in [0.3, 0.4) is 0 Å². The number of aromatic nitrogens is 4. The molecule has 1 atom stereocenters. The maximum Gasteiger partial charge on any atom is 0.274 e. The van der Waals surface area contributed by atoms with Gasteiger partial charge in [0.25, 0.3) is 5.91 Å². The van der Waals surface area contributed by atoms with Gasteiger partial charge in [0.2, 0.25) is 0 Å². The molecule has 4 heterocycles. The molecule has 0 bridgehead atoms. The van der Waals surface area contributed by atoms with Crippen molar-refractivity contribution in [2.24, 2.45) is 0 Å². The van der Waals surface area contributed by atoms with E-state index in [1.807, 2.05) is 18.0 Å². The molecule has 2 aromatic rings. The average Bonchev–Trinajstić information content (AvgIpc) is 3.24. The van der Waals surface area contributed by atoms with Gasteiger partial charge in [0, 0.05) is 38.1 Å². The van der Waals surface area contributed by atoms with Crippen molar-refractivity contribution < 1.29 is 4.79 Å². The van der Waals surface area contributed by atoms with E-state index >= 15 is 0 Å². The van der Waals surface area contributed by atoms with Crippen molar-refractivity contribution in [3.63, 3.8) is 0 Å². The van der Waals surface area contributed by atoms with Crippen LogP contribution in [-0.2, 0) is 13.1 Å². The van der Waals surface area contributed by atoms with E-state index in [2.05, 4.69) is 37.6 Å². The van der Waals surface area contributed by atoms with Crippen molar-refractivity contribution in [2.45, 2.75) is 39.4 Å². The number of amides is 1. The van der Waals surface area contributed by atoms with Gasteiger partial charge in [-0.05, 0) is 26.3 Å². The molecule has 7 nitrogen and oxygen atoms in total. The fourth-order valence-corrected chi connectivity index (χ4v) is 3.60. The summed E-state index contributed by atoms with van der Waals surface area (Å²) in [6, 6.07) is 2.35. The molecular formula is C16H22N6O. The molecular weight excluding hydrogens is 292 g/mol. The van der Waals surface area contributed by atoms with Crippen LogP contribution in [-0.4, -0.2) is 49.8 Å². The molecule has 2 aliphatic rings. The largest absolute Gasteiger partial charge is 0.335 e. The van der Waals surface area contributed by atoms with Crippen LogP contribution in [0.2, 0.25) is 0 Å². The van der Waals surface area contributed by atoms with Crippen molar-refractivity contribution in [3.8, 4) is 0 Å². The van der Waals surface area contributed by atoms with E-state index in [1.165, 1.54) is 0 Å². The van der Waals surface area contributed by atoms with Gasteiger partial charge in [0.15, 0.2) is 0 Å². The van der Waals surface area contributed by atoms with E-state index in [4.69, 9.17) is 0 Å². The predicted octanol–water partition coefficient (Wildman–Crippen LogP) is 0.887. The normalized spacial score (nSPS) is 20.8. The Morgan fingerprint density at radius 2 is 2.22 bits per heavy atom. The number of hydrogen-bond acceptors (Lipinski definition) is 4. The second-order valence-electron chi connectivity index (χ2n) is 6.48. The Hall–Kier alpha value is -2.15. The molecule has 0 aromatic carbocycles. The third-order valence-electron chi connectivity index (χ3n) is 4.73. The van der Waals surface area contributed by atoms with Crippen LogP contribution >= 0.6 is 0 Å². The molecule has 0 spiro atoms. The summed E-state index contributed by atoms with van der Waals surface area (Å²) in [6.45, 7) is 8.10. The third-order valence-corrected chi connectivity index (χ3v) is 4.73. The highest BCUT2D eigenvalue weighted by Gasteiger charge is 2.31. The Morgan fingerprint density at radius 3 is 2.96 bits per heavy atom. The number of nitrogens with one attached hydrogen (secondary N) is 1. The zero-order valence-corrected chi connectivity index (χ0v) is 13.6. The van der Waals surface area contributed by atoms with Gasteiger partial charge in [-0.2, -0.15) is 5.10 Å². The van der Waals surface area contributed by atoms with E-state index in [-0.39, 0.29) is 11.9 Å². The molecule has 7 heteroatoms. The van der Waals surface area contributed by atoms with Crippen LogP contribution in [0.15, 0.2) is 12.3 Å². The second kappa shape index (κ2) is 5.49. The summed E-state index contributed by atoms with van der Waals surface area (Å²) >= 11 is 0. The Morgan fingerprint density at radius 1 is 1.35 bits per heavy atom. The third kappa shape index (κ3) is 2.55. The molecule has 0 saturated carbocycles. The Kier molecular flexibility index (Phi) is 3.45. The molecule has 2 aromatic heterocycles. The lowest BCUT2D eigenvalue weighted by atomic mass is 10.2. The highest BCUT2D eigenvalue weighted by molar-refractivity contribution is 5.92. The van der Waals surface area contributed by atoms with E-state index in [0.717, 1.165) is 49.8 Å². The predicted molar refractivity (Wildman–Crippen MR) is 85.2 cm³/mol. The van der Waals surface area contributed by atoms with Crippen LogP contribution in [0.4, 0.5) is 0 Å². The van der Waals surface area contributed by atoms with Crippen molar-refractivity contribution in [1.82, 2.24) is 29.5 Å². The maximum atomic E-state index is 12.7. The van der Waals surface area contributed by atoms with Gasteiger partial charge in [-0.1, -0.05) is 0 Å². The summed E-state index contributed by atoms with van der Waals surface area (Å²) in [5.74, 6) is 0.991. The van der Waals surface area contributed by atoms with E-state index in [0.29, 0.717) is 12.2 Å². The highest BCUT2D eigenvalue weighted by Crippen LogP contribution is 2.24. The molecule has 0 unspecified atom stereocenters. The molecule has 0 aliphatic carbocycles. The number of fused-ring (bicyclic) bond motifs is 1. The number of nitrogens with zero attached hydrogens (tertiary/aromatic N) is 5. The number of imidazole rings is 1. The summed E-state index contributed by atoms with van der Waals surface area (Å²) in [5.41, 5.74) is 2.75. The fourth-order valence-electron chi connectivity index (χ4n) is 3.60. The molecule has 1 saturated heterocycles. The first kappa shape index (κ1) is 14.4. The molecule has 23 heavy (non-hydrogen) atoms. The summed E-state index contributed by atoms with van der Waals surface area (Å²) in [6.07, 6.45) is 2.85. The van der Waals surface area contributed by atoms with Gasteiger partial charge in [-0.25, -0.2) is 4.98 Å². The minimum atomic E-state index is 0.0379. The van der Waals surface area contributed by atoms with E-state index < -0.39 is 0 Å². The zero-order valence-electron chi connectivity index (χ0n) is 13.6. The Bertz CT molecular complexity index is 722. The first-order valence-corrected chi connectivity index (χ1v) is 8.20. The van der Waals surface area contributed by atoms with Crippen LogP contribution in [0.25, 0.3) is 0 Å². The topological polar surface area (TPSA) is 68.0 Å². The number of carbonyl (C=O) groups is 1. The first-order valence-electron chi connectivity index (χ1n) is 8.20. The number of hydrogen-bond donors (Lipinski definition) is 1. The lowest BCUT2D eigenvalue weighted by Gasteiger charge is -2.16. The molecule has 2 aliphatic heterocycles. The van der Waals surface area contributed by atoms with Crippen molar-refractivity contribution in [1.29, 1.82) is 0 Å². The number of rotatable bonds is 2. The van der Waals surface area contributed by atoms with Crippen molar-refractivity contribution >= 4 is 5.91 Å². The summed E-state index contributed by atoms with van der Waals surface area (Å²) in [4.78, 5) is 19.1. The van der Waals surface area contributed by atoms with Gasteiger partial charge in [-0.15, -0.1) is 0 Å². The van der Waals surface area contributed by atoms with Crippen LogP contribution in [0, 0.1) is 13.8 Å². The van der Waals surface area contributed by atoms with E-state index in [1.54, 1.807) is 0 Å². The molecule has 1 amide bonds. The highest BCUT2D eigenvalue weighted by atomic mass is 16.2. The van der Waals surface area contributed by atoms with Crippen LogP contribution in [0.5, 0.6) is 0 Å². The van der Waals surface area contributed by atoms with Crippen molar-refractivity contribution in [3.05, 3.63) is 35.2 Å². The summed E-state index contributed by atoms with van der Waals surface area (Å²) in [5, 5.41) is 7.84. The standard InChI is InChI=1S/C16H22N6O/c1-11-7-12(2)22(19-11)13-3-5-21(9-13)16(23)14-10-20-6-4-17-8-15(20)18-14/h7,10,13,17H,3-6,8-9H2,1-2H3/t13-/m0/s1. The quantitative estimate of drug-likeness (QED) is 0.894. The lowest BCUT2D eigenvalue weighted by molar-refractivity contribution is 0.0781. The lowest BCUT2D eigenvalue weighted by Crippen LogP contribution is -2.29. The minimum absolute atomic E-state index is 0.0379. The summed E-state index contributed by atoms with van der Waals surface area (Å²) < 4.78 is 4.14. The van der Waals surface area contributed by atoms with Crippen LogP contribution in [0.1, 0.15) is 40.2 Å². The Labute approximate surface area is 135 Å². The molecule has 0 radical (unpaired) electrons. The smallest absolute Gasteiger partial charge is 0.274 e. The van der Waals surface area contributed by atoms with Crippen LogP contribution < -0.4 is 5.32 Å². The van der Waals surface area contributed by atoms with Gasteiger partial charge < -0.3 is 14.8 Å². The fraction of sp³-hybridized carbons (Fsp3) is 0.562. The maximum absolute atomic E-state index is 12.7. The number of likely N-dealkylation sites (tertiary alicyclic amines) is 1. The van der Waals surface area contributed by atoms with Crippen molar-refractivity contribution in [2.75, 3.05) is 19.6 Å². The van der Waals surface area contributed by atoms with Gasteiger partial charge in [0.05, 0.1) is 18.3 Å². The number of carbonyl (C=O) groups excluding carboxylic acids is 1. The molecule has 122 valence electrons. The van der Waals surface area contributed by atoms with E-state index in [9.17, 15) is 4.79 Å².